The van der Waals surface area contributed by atoms with Crippen molar-refractivity contribution in [3.05, 3.63) is 75.8 Å². The van der Waals surface area contributed by atoms with Crippen molar-refractivity contribution >= 4 is 22.5 Å². The Morgan fingerprint density at radius 3 is 2.71 bits per heavy atom. The Balaban J connectivity index is 2.10. The average molecular weight is 321 g/mol. The van der Waals surface area contributed by atoms with Crippen molar-refractivity contribution in [1.29, 1.82) is 5.26 Å². The lowest BCUT2D eigenvalue weighted by atomic mass is 10.1. The molecule has 0 saturated carbocycles. The maximum atomic E-state index is 13.9. The molecule has 1 aromatic heterocycles. The Labute approximate surface area is 136 Å². The fraction of sp³-hybridized carbons (Fsp3) is 0.0556. The number of benzene rings is 2. The lowest BCUT2D eigenvalue weighted by Crippen LogP contribution is -2.24. The number of pyridine rings is 1. The Morgan fingerprint density at radius 2 is 1.96 bits per heavy atom. The molecule has 1 heterocycles. The molecule has 0 unspecified atom stereocenters. The van der Waals surface area contributed by atoms with Crippen LogP contribution in [0, 0.1) is 17.1 Å². The first-order chi connectivity index (χ1) is 11.5. The summed E-state index contributed by atoms with van der Waals surface area (Å²) in [5, 5.41) is 11.7. The predicted molar refractivity (Wildman–Crippen MR) is 88.3 cm³/mol. The average Bonchev–Trinajstić information content (AvgIpc) is 2.58. The van der Waals surface area contributed by atoms with Gasteiger partial charge in [0.2, 0.25) is 5.43 Å². The molecular weight excluding hydrogens is 309 g/mol. The number of nitrogens with zero attached hydrogens (tertiary/aromatic N) is 2. The Bertz CT molecular complexity index is 1060. The summed E-state index contributed by atoms with van der Waals surface area (Å²) >= 11 is 0. The molecule has 3 rings (SSSR count). The fourth-order valence-corrected chi connectivity index (χ4v) is 2.56. The number of aryl methyl sites for hydroxylation is 1. The van der Waals surface area contributed by atoms with Gasteiger partial charge in [0.1, 0.15) is 17.4 Å². The molecule has 0 fully saturated rings. The minimum Gasteiger partial charge on any atom is -0.347 e. The lowest BCUT2D eigenvalue weighted by molar-refractivity contribution is 0.102. The molecule has 0 bridgehead atoms. The van der Waals surface area contributed by atoms with Gasteiger partial charge in [0.25, 0.3) is 5.91 Å². The number of nitrogens with one attached hydrogen (secondary N) is 1. The summed E-state index contributed by atoms with van der Waals surface area (Å²) in [5.74, 6) is -1.18. The van der Waals surface area contributed by atoms with E-state index in [1.165, 1.54) is 29.0 Å². The molecule has 0 aliphatic heterocycles. The summed E-state index contributed by atoms with van der Waals surface area (Å²) in [4.78, 5) is 25.0. The van der Waals surface area contributed by atoms with Gasteiger partial charge in [0.05, 0.1) is 16.8 Å². The second kappa shape index (κ2) is 5.97. The van der Waals surface area contributed by atoms with E-state index < -0.39 is 17.2 Å². The van der Waals surface area contributed by atoms with Crippen molar-refractivity contribution < 1.29 is 9.18 Å². The lowest BCUT2D eigenvalue weighted by Gasteiger charge is -2.10. The minimum atomic E-state index is -0.649. The van der Waals surface area contributed by atoms with E-state index in [2.05, 4.69) is 5.32 Å². The summed E-state index contributed by atoms with van der Waals surface area (Å²) in [6.45, 7) is 0. The van der Waals surface area contributed by atoms with E-state index in [-0.39, 0.29) is 22.0 Å². The Morgan fingerprint density at radius 1 is 1.21 bits per heavy atom. The smallest absolute Gasteiger partial charge is 0.261 e. The van der Waals surface area contributed by atoms with E-state index in [1.807, 2.05) is 6.07 Å². The molecule has 5 nitrogen and oxygen atoms in total. The van der Waals surface area contributed by atoms with Gasteiger partial charge in [0.15, 0.2) is 0 Å². The van der Waals surface area contributed by atoms with Crippen LogP contribution in [0.3, 0.4) is 0 Å². The van der Waals surface area contributed by atoms with Crippen LogP contribution < -0.4 is 10.7 Å². The zero-order chi connectivity index (χ0) is 17.3. The molecule has 0 aliphatic carbocycles. The maximum absolute atomic E-state index is 13.9. The molecular formula is C18H12FN3O2. The van der Waals surface area contributed by atoms with Crippen LogP contribution in [-0.2, 0) is 7.05 Å². The predicted octanol–water partition coefficient (Wildman–Crippen LogP) is 2.80. The van der Waals surface area contributed by atoms with Crippen molar-refractivity contribution in [2.45, 2.75) is 0 Å². The number of anilines is 1. The molecule has 6 heteroatoms. The molecule has 1 N–H and O–H groups in total. The maximum Gasteiger partial charge on any atom is 0.261 e. The number of carbonyl (C=O) groups excluding carboxylic acids is 1. The summed E-state index contributed by atoms with van der Waals surface area (Å²) < 4.78 is 15.3. The van der Waals surface area contributed by atoms with E-state index in [0.717, 1.165) is 0 Å². The van der Waals surface area contributed by atoms with Crippen molar-refractivity contribution in [2.75, 3.05) is 5.32 Å². The van der Waals surface area contributed by atoms with Crippen molar-refractivity contribution in [3.8, 4) is 6.07 Å². The number of nitriles is 1. The molecule has 0 aliphatic rings. The third kappa shape index (κ3) is 2.52. The molecule has 0 radical (unpaired) electrons. The highest BCUT2D eigenvalue weighted by atomic mass is 19.1. The van der Waals surface area contributed by atoms with Crippen LogP contribution in [0.4, 0.5) is 10.1 Å². The van der Waals surface area contributed by atoms with Crippen LogP contribution >= 0.6 is 0 Å². The number of amides is 1. The number of para-hydroxylation sites is 2. The first kappa shape index (κ1) is 15.4. The van der Waals surface area contributed by atoms with Crippen LogP contribution in [0.1, 0.15) is 15.9 Å². The number of aromatic nitrogens is 1. The van der Waals surface area contributed by atoms with E-state index in [9.17, 15) is 14.0 Å². The van der Waals surface area contributed by atoms with Gasteiger partial charge in [-0.05, 0) is 24.3 Å². The standard InChI is InChI=1S/C18H12FN3O2/c1-22-10-13(17(23)12-6-4-7-14(19)16(12)22)18(24)21-15-8-3-2-5-11(15)9-20/h2-8,10H,1H3,(H,21,24). The first-order valence-electron chi connectivity index (χ1n) is 7.11. The van der Waals surface area contributed by atoms with Crippen LogP contribution in [0.25, 0.3) is 10.9 Å². The molecule has 0 saturated heterocycles. The molecule has 0 spiro atoms. The van der Waals surface area contributed by atoms with Crippen molar-refractivity contribution in [1.82, 2.24) is 4.57 Å². The van der Waals surface area contributed by atoms with Crippen molar-refractivity contribution in [3.63, 3.8) is 0 Å². The van der Waals surface area contributed by atoms with Gasteiger partial charge in [-0.1, -0.05) is 18.2 Å². The number of fused-ring (bicyclic) bond motifs is 1. The number of rotatable bonds is 2. The molecule has 1 amide bonds. The molecule has 118 valence electrons. The highest BCUT2D eigenvalue weighted by Crippen LogP contribution is 2.17. The number of hydrogen-bond acceptors (Lipinski definition) is 3. The quantitative estimate of drug-likeness (QED) is 0.788. The van der Waals surface area contributed by atoms with Crippen LogP contribution in [0.15, 0.2) is 53.5 Å². The zero-order valence-corrected chi connectivity index (χ0v) is 12.7. The second-order valence-electron chi connectivity index (χ2n) is 5.23. The fourth-order valence-electron chi connectivity index (χ4n) is 2.56. The monoisotopic (exact) mass is 321 g/mol. The Hall–Kier alpha value is -3.46. The van der Waals surface area contributed by atoms with Gasteiger partial charge >= 0.3 is 0 Å². The van der Waals surface area contributed by atoms with Crippen molar-refractivity contribution in [2.24, 2.45) is 7.05 Å². The third-order valence-electron chi connectivity index (χ3n) is 3.69. The number of halogens is 1. The van der Waals surface area contributed by atoms with Gasteiger partial charge in [-0.2, -0.15) is 5.26 Å². The highest BCUT2D eigenvalue weighted by molar-refractivity contribution is 6.06. The largest absolute Gasteiger partial charge is 0.347 e. The second-order valence-corrected chi connectivity index (χ2v) is 5.23. The zero-order valence-electron chi connectivity index (χ0n) is 12.7. The van der Waals surface area contributed by atoms with Crippen LogP contribution in [-0.4, -0.2) is 10.5 Å². The topological polar surface area (TPSA) is 74.9 Å². The molecule has 0 atom stereocenters. The van der Waals surface area contributed by atoms with Gasteiger partial charge in [-0.3, -0.25) is 9.59 Å². The van der Waals surface area contributed by atoms with E-state index in [1.54, 1.807) is 31.3 Å². The van der Waals surface area contributed by atoms with Gasteiger partial charge in [0, 0.05) is 18.6 Å². The summed E-state index contributed by atoms with van der Waals surface area (Å²) in [6.07, 6.45) is 1.29. The summed E-state index contributed by atoms with van der Waals surface area (Å²) in [7, 11) is 1.56. The van der Waals surface area contributed by atoms with Gasteiger partial charge < -0.3 is 9.88 Å². The highest BCUT2D eigenvalue weighted by Gasteiger charge is 2.17. The SMILES string of the molecule is Cn1cc(C(=O)Nc2ccccc2C#N)c(=O)c2cccc(F)c21. The van der Waals surface area contributed by atoms with E-state index in [4.69, 9.17) is 5.26 Å². The molecule has 3 aromatic rings. The Kier molecular flexibility index (Phi) is 3.84. The summed E-state index contributed by atoms with van der Waals surface area (Å²) in [6, 6.07) is 12.6. The number of hydrogen-bond donors (Lipinski definition) is 1. The van der Waals surface area contributed by atoms with Gasteiger partial charge in [-0.15, -0.1) is 0 Å². The van der Waals surface area contributed by atoms with Crippen LogP contribution in [0.2, 0.25) is 0 Å². The molecule has 24 heavy (non-hydrogen) atoms. The summed E-state index contributed by atoms with van der Waals surface area (Å²) in [5.41, 5.74) is 0.0512. The molecule has 2 aromatic carbocycles. The third-order valence-corrected chi connectivity index (χ3v) is 3.69. The normalized spacial score (nSPS) is 10.4. The van der Waals surface area contributed by atoms with Crippen LogP contribution in [0.5, 0.6) is 0 Å². The van der Waals surface area contributed by atoms with E-state index in [0.29, 0.717) is 5.69 Å². The van der Waals surface area contributed by atoms with E-state index >= 15 is 0 Å². The van der Waals surface area contributed by atoms with Gasteiger partial charge in [-0.25, -0.2) is 4.39 Å². The first-order valence-corrected chi connectivity index (χ1v) is 7.11. The minimum absolute atomic E-state index is 0.122. The number of carbonyl (C=O) groups is 1.